The molecule has 2 amide bonds. The fourth-order valence-electron chi connectivity index (χ4n) is 6.49. The number of likely N-dealkylation sites (tertiary alicyclic amines) is 2. The van der Waals surface area contributed by atoms with Crippen LogP contribution in [0.3, 0.4) is 0 Å². The van der Waals surface area contributed by atoms with Crippen molar-refractivity contribution < 1.29 is 9.59 Å². The molecule has 0 bridgehead atoms. The highest BCUT2D eigenvalue weighted by Gasteiger charge is 2.38. The lowest BCUT2D eigenvalue weighted by molar-refractivity contribution is -0.135. The lowest BCUT2D eigenvalue weighted by atomic mass is 9.73. The molecule has 2 atom stereocenters. The summed E-state index contributed by atoms with van der Waals surface area (Å²) in [6.07, 6.45) is 5.23. The average molecular weight is 573 g/mol. The molecule has 2 aromatic rings. The molecule has 212 valence electrons. The van der Waals surface area contributed by atoms with Gasteiger partial charge in [0.2, 0.25) is 11.8 Å². The zero-order valence-corrected chi connectivity index (χ0v) is 25.3. The van der Waals surface area contributed by atoms with Crippen LogP contribution in [-0.2, 0) is 16.0 Å². The van der Waals surface area contributed by atoms with Gasteiger partial charge in [-0.05, 0) is 105 Å². The quantitative estimate of drug-likeness (QED) is 0.391. The van der Waals surface area contributed by atoms with Gasteiger partial charge >= 0.3 is 0 Å². The molecule has 0 aromatic heterocycles. The molecule has 0 saturated carbocycles. The molecule has 2 saturated heterocycles. The third-order valence-electron chi connectivity index (χ3n) is 9.32. The van der Waals surface area contributed by atoms with Crippen LogP contribution < -0.4 is 5.73 Å². The zero-order valence-electron chi connectivity index (χ0n) is 23.8. The highest BCUT2D eigenvalue weighted by atomic mass is 35.5. The Morgan fingerprint density at radius 3 is 2.23 bits per heavy atom. The molecule has 2 aromatic carbocycles. The van der Waals surface area contributed by atoms with Crippen molar-refractivity contribution >= 4 is 35.0 Å². The van der Waals surface area contributed by atoms with Gasteiger partial charge in [0.1, 0.15) is 0 Å². The van der Waals surface area contributed by atoms with E-state index in [0.717, 1.165) is 63.8 Å². The maximum atomic E-state index is 13.7. The van der Waals surface area contributed by atoms with Gasteiger partial charge in [0.15, 0.2) is 0 Å². The highest BCUT2D eigenvalue weighted by molar-refractivity contribution is 6.34. The number of primary amides is 1. The van der Waals surface area contributed by atoms with Crippen molar-refractivity contribution in [3.8, 4) is 0 Å². The SMILES string of the molecule is Cc1ccc(C2CCCN(C(=O)Cc3cc(Cl)cc(Cl)c3)C2CCN2CCC(C(C)(C)C(N)=O)CC2)cc1C. The number of halogens is 2. The fraction of sp³-hybridized carbons (Fsp3) is 0.562. The average Bonchev–Trinajstić information content (AvgIpc) is 2.88. The van der Waals surface area contributed by atoms with Gasteiger partial charge in [0, 0.05) is 40.5 Å². The van der Waals surface area contributed by atoms with Crippen LogP contribution in [0.2, 0.25) is 10.0 Å². The maximum Gasteiger partial charge on any atom is 0.227 e. The van der Waals surface area contributed by atoms with Gasteiger partial charge in [0.25, 0.3) is 0 Å². The summed E-state index contributed by atoms with van der Waals surface area (Å²) in [7, 11) is 0. The molecule has 7 heteroatoms. The van der Waals surface area contributed by atoms with Crippen molar-refractivity contribution in [1.82, 2.24) is 9.80 Å². The molecule has 2 unspecified atom stereocenters. The number of rotatable bonds is 8. The predicted molar refractivity (Wildman–Crippen MR) is 160 cm³/mol. The van der Waals surface area contributed by atoms with Gasteiger partial charge in [0.05, 0.1) is 6.42 Å². The molecular weight excluding hydrogens is 529 g/mol. The van der Waals surface area contributed by atoms with Crippen LogP contribution >= 0.6 is 23.2 Å². The lowest BCUT2D eigenvalue weighted by Gasteiger charge is -2.44. The Labute approximate surface area is 244 Å². The molecule has 0 radical (unpaired) electrons. The van der Waals surface area contributed by atoms with E-state index < -0.39 is 5.41 Å². The predicted octanol–water partition coefficient (Wildman–Crippen LogP) is 6.54. The van der Waals surface area contributed by atoms with Crippen LogP contribution in [0.1, 0.15) is 74.1 Å². The molecular formula is C32H43Cl2N3O2. The third kappa shape index (κ3) is 7.17. The smallest absolute Gasteiger partial charge is 0.227 e. The summed E-state index contributed by atoms with van der Waals surface area (Å²) in [5.74, 6) is 0.534. The van der Waals surface area contributed by atoms with E-state index in [0.29, 0.717) is 28.3 Å². The van der Waals surface area contributed by atoms with Crippen LogP contribution in [-0.4, -0.2) is 53.8 Å². The Morgan fingerprint density at radius 2 is 1.62 bits per heavy atom. The van der Waals surface area contributed by atoms with Crippen molar-refractivity contribution in [3.05, 3.63) is 68.7 Å². The van der Waals surface area contributed by atoms with E-state index in [1.807, 2.05) is 26.0 Å². The number of hydrogen-bond donors (Lipinski definition) is 1. The number of aryl methyl sites for hydroxylation is 2. The summed E-state index contributed by atoms with van der Waals surface area (Å²) in [6.45, 7) is 11.9. The molecule has 2 aliphatic heterocycles. The van der Waals surface area contributed by atoms with Gasteiger partial charge < -0.3 is 15.5 Å². The highest BCUT2D eigenvalue weighted by Crippen LogP contribution is 2.38. The van der Waals surface area contributed by atoms with Gasteiger partial charge in [-0.3, -0.25) is 9.59 Å². The molecule has 2 aliphatic rings. The second kappa shape index (κ2) is 12.6. The van der Waals surface area contributed by atoms with Crippen molar-refractivity contribution in [2.75, 3.05) is 26.2 Å². The molecule has 0 aliphatic carbocycles. The topological polar surface area (TPSA) is 66.6 Å². The number of carbonyl (C=O) groups is 2. The standard InChI is InChI=1S/C32H43Cl2N3O2/c1-21-7-8-24(16-22(21)2)28-6-5-12-37(30(38)19-23-17-26(33)20-27(34)18-23)29(28)11-15-36-13-9-25(10-14-36)32(3,4)31(35)39/h7-8,16-18,20,25,28-29H,5-6,9-15,19H2,1-4H3,(H2,35,39). The molecule has 2 fully saturated rings. The molecule has 4 rings (SSSR count). The second-order valence-electron chi connectivity index (χ2n) is 12.2. The van der Waals surface area contributed by atoms with Gasteiger partial charge in [-0.25, -0.2) is 0 Å². The van der Waals surface area contributed by atoms with E-state index in [1.54, 1.807) is 6.07 Å². The first-order chi connectivity index (χ1) is 18.5. The number of benzene rings is 2. The van der Waals surface area contributed by atoms with Gasteiger partial charge in [-0.15, -0.1) is 0 Å². The van der Waals surface area contributed by atoms with E-state index in [1.165, 1.54) is 16.7 Å². The van der Waals surface area contributed by atoms with E-state index in [2.05, 4.69) is 41.8 Å². The molecule has 2 N–H and O–H groups in total. The maximum absolute atomic E-state index is 13.7. The Morgan fingerprint density at radius 1 is 0.949 bits per heavy atom. The van der Waals surface area contributed by atoms with Gasteiger partial charge in [-0.1, -0.05) is 55.2 Å². The van der Waals surface area contributed by atoms with Crippen molar-refractivity contribution in [3.63, 3.8) is 0 Å². The monoisotopic (exact) mass is 571 g/mol. The number of piperidine rings is 2. The summed E-state index contributed by atoms with van der Waals surface area (Å²) in [6, 6.07) is 12.3. The second-order valence-corrected chi connectivity index (χ2v) is 13.1. The molecule has 39 heavy (non-hydrogen) atoms. The Bertz CT molecular complexity index is 1170. The summed E-state index contributed by atoms with van der Waals surface area (Å²) in [5, 5.41) is 1.10. The number of nitrogens with zero attached hydrogens (tertiary/aromatic N) is 2. The first-order valence-corrected chi connectivity index (χ1v) is 15.0. The molecule has 2 heterocycles. The molecule has 0 spiro atoms. The Kier molecular flexibility index (Phi) is 9.67. The van der Waals surface area contributed by atoms with Crippen molar-refractivity contribution in [1.29, 1.82) is 0 Å². The summed E-state index contributed by atoms with van der Waals surface area (Å²) >= 11 is 12.5. The van der Waals surface area contributed by atoms with Gasteiger partial charge in [-0.2, -0.15) is 0 Å². The third-order valence-corrected chi connectivity index (χ3v) is 9.76. The normalized spacial score (nSPS) is 21.2. The zero-order chi connectivity index (χ0) is 28.3. The minimum absolute atomic E-state index is 0.128. The number of amides is 2. The first-order valence-electron chi connectivity index (χ1n) is 14.3. The van der Waals surface area contributed by atoms with Crippen LogP contribution in [0.25, 0.3) is 0 Å². The van der Waals surface area contributed by atoms with Crippen molar-refractivity contribution in [2.45, 2.75) is 78.2 Å². The first kappa shape index (κ1) is 29.9. The number of carbonyl (C=O) groups excluding carboxylic acids is 2. The fourth-order valence-corrected chi connectivity index (χ4v) is 7.06. The largest absolute Gasteiger partial charge is 0.369 e. The summed E-state index contributed by atoms with van der Waals surface area (Å²) in [5.41, 5.74) is 9.98. The summed E-state index contributed by atoms with van der Waals surface area (Å²) in [4.78, 5) is 30.3. The Hall–Kier alpha value is -2.08. The summed E-state index contributed by atoms with van der Waals surface area (Å²) < 4.78 is 0. The molecule has 5 nitrogen and oxygen atoms in total. The van der Waals surface area contributed by atoms with E-state index in [-0.39, 0.29) is 17.9 Å². The number of hydrogen-bond acceptors (Lipinski definition) is 3. The van der Waals surface area contributed by atoms with Crippen LogP contribution in [0.15, 0.2) is 36.4 Å². The Balaban J connectivity index is 1.51. The number of nitrogens with two attached hydrogens (primary N) is 1. The van der Waals surface area contributed by atoms with Crippen LogP contribution in [0, 0.1) is 25.2 Å². The van der Waals surface area contributed by atoms with Crippen LogP contribution in [0.5, 0.6) is 0 Å². The van der Waals surface area contributed by atoms with E-state index >= 15 is 0 Å². The van der Waals surface area contributed by atoms with Crippen LogP contribution in [0.4, 0.5) is 0 Å². The minimum atomic E-state index is -0.476. The lowest BCUT2D eigenvalue weighted by Crippen LogP contribution is -2.50. The van der Waals surface area contributed by atoms with E-state index in [4.69, 9.17) is 28.9 Å². The van der Waals surface area contributed by atoms with E-state index in [9.17, 15) is 9.59 Å². The van der Waals surface area contributed by atoms with Crippen molar-refractivity contribution in [2.24, 2.45) is 17.1 Å². The minimum Gasteiger partial charge on any atom is -0.369 e.